The molecule has 0 heterocycles. The van der Waals surface area contributed by atoms with Crippen LogP contribution in [0.1, 0.15) is 39.0 Å². The van der Waals surface area contributed by atoms with E-state index in [0.29, 0.717) is 11.3 Å². The van der Waals surface area contributed by atoms with Crippen LogP contribution in [0.5, 0.6) is 0 Å². The first-order chi connectivity index (χ1) is 10.1. The van der Waals surface area contributed by atoms with Crippen LogP contribution < -0.4 is 5.32 Å². The number of nitrogens with zero attached hydrogens (tertiary/aromatic N) is 1. The third kappa shape index (κ3) is 4.18. The van der Waals surface area contributed by atoms with Crippen LogP contribution >= 0.6 is 11.8 Å². The highest BCUT2D eigenvalue weighted by Crippen LogP contribution is 2.39. The Labute approximate surface area is 128 Å². The first-order valence-electron chi connectivity index (χ1n) is 7.36. The maximum absolute atomic E-state index is 13.7. The number of rotatable bonds is 5. The number of hydrogen-bond acceptors (Lipinski definition) is 3. The lowest BCUT2D eigenvalue weighted by Crippen LogP contribution is -2.48. The summed E-state index contributed by atoms with van der Waals surface area (Å²) >= 11 is 1.35. The average Bonchev–Trinajstić information content (AvgIpc) is 2.49. The zero-order chi connectivity index (χ0) is 15.3. The molecule has 2 rings (SSSR count). The molecule has 5 heteroatoms. The number of halogens is 2. The number of nitriles is 1. The van der Waals surface area contributed by atoms with Crippen molar-refractivity contribution in [2.75, 3.05) is 6.54 Å². The standard InChI is InChI=1S/C16H20F2N2S/c1-2-8-20-16(11-19)7-3-4-13(10-16)21-15-9-12(17)5-6-14(15)18/h5-6,9,13,20H,2-4,7-8,10H2,1H3. The molecule has 1 aromatic carbocycles. The maximum atomic E-state index is 13.7. The summed E-state index contributed by atoms with van der Waals surface area (Å²) in [6.45, 7) is 2.87. The maximum Gasteiger partial charge on any atom is 0.136 e. The number of hydrogen-bond donors (Lipinski definition) is 1. The summed E-state index contributed by atoms with van der Waals surface area (Å²) in [5, 5.41) is 13.0. The molecule has 21 heavy (non-hydrogen) atoms. The van der Waals surface area contributed by atoms with Gasteiger partial charge in [-0.1, -0.05) is 6.92 Å². The lowest BCUT2D eigenvalue weighted by Gasteiger charge is -2.36. The summed E-state index contributed by atoms with van der Waals surface area (Å²) < 4.78 is 27.0. The minimum absolute atomic E-state index is 0.138. The van der Waals surface area contributed by atoms with Crippen molar-refractivity contribution in [2.45, 2.75) is 54.7 Å². The van der Waals surface area contributed by atoms with Crippen LogP contribution in [0.2, 0.25) is 0 Å². The molecule has 0 amide bonds. The quantitative estimate of drug-likeness (QED) is 0.882. The van der Waals surface area contributed by atoms with E-state index < -0.39 is 17.2 Å². The fourth-order valence-electron chi connectivity index (χ4n) is 2.74. The van der Waals surface area contributed by atoms with Gasteiger partial charge in [0.25, 0.3) is 0 Å². The van der Waals surface area contributed by atoms with Crippen LogP contribution in [-0.4, -0.2) is 17.3 Å². The van der Waals surface area contributed by atoms with Gasteiger partial charge in [-0.25, -0.2) is 8.78 Å². The second-order valence-corrected chi connectivity index (χ2v) is 6.87. The molecule has 0 spiro atoms. The summed E-state index contributed by atoms with van der Waals surface area (Å²) in [6.07, 6.45) is 4.33. The molecule has 1 N–H and O–H groups in total. The van der Waals surface area contributed by atoms with Gasteiger partial charge in [0.05, 0.1) is 6.07 Å². The fourth-order valence-corrected chi connectivity index (χ4v) is 4.11. The van der Waals surface area contributed by atoms with Crippen LogP contribution in [0.3, 0.4) is 0 Å². The van der Waals surface area contributed by atoms with E-state index in [4.69, 9.17) is 0 Å². The van der Waals surface area contributed by atoms with Gasteiger partial charge >= 0.3 is 0 Å². The van der Waals surface area contributed by atoms with Crippen LogP contribution in [0, 0.1) is 23.0 Å². The van der Waals surface area contributed by atoms with Gasteiger partial charge in [-0.2, -0.15) is 5.26 Å². The first kappa shape index (κ1) is 16.3. The third-order valence-electron chi connectivity index (χ3n) is 3.82. The van der Waals surface area contributed by atoms with Crippen molar-refractivity contribution in [3.63, 3.8) is 0 Å². The first-order valence-corrected chi connectivity index (χ1v) is 8.24. The van der Waals surface area contributed by atoms with Crippen LogP contribution in [0.15, 0.2) is 23.1 Å². The van der Waals surface area contributed by atoms with Gasteiger partial charge in [-0.3, -0.25) is 5.32 Å². The Morgan fingerprint density at radius 3 is 3.00 bits per heavy atom. The molecular formula is C16H20F2N2S. The Kier molecular flexibility index (Phi) is 5.60. The van der Waals surface area contributed by atoms with Crippen molar-refractivity contribution in [3.8, 4) is 6.07 Å². The van der Waals surface area contributed by atoms with Crippen LogP contribution in [0.4, 0.5) is 8.78 Å². The third-order valence-corrected chi connectivity index (χ3v) is 5.12. The molecule has 0 saturated heterocycles. The van der Waals surface area contributed by atoms with Crippen molar-refractivity contribution in [3.05, 3.63) is 29.8 Å². The molecule has 1 aromatic rings. The average molecular weight is 310 g/mol. The van der Waals surface area contributed by atoms with Crippen molar-refractivity contribution < 1.29 is 8.78 Å². The minimum Gasteiger partial charge on any atom is -0.299 e. The van der Waals surface area contributed by atoms with Gasteiger partial charge in [0, 0.05) is 10.1 Å². The Morgan fingerprint density at radius 1 is 1.48 bits per heavy atom. The monoisotopic (exact) mass is 310 g/mol. The zero-order valence-electron chi connectivity index (χ0n) is 12.2. The molecule has 1 aliphatic rings. The normalized spacial score (nSPS) is 25.5. The fraction of sp³-hybridized carbons (Fsp3) is 0.562. The lowest BCUT2D eigenvalue weighted by molar-refractivity contribution is 0.304. The van der Waals surface area contributed by atoms with Gasteiger partial charge in [0.1, 0.15) is 17.2 Å². The van der Waals surface area contributed by atoms with Gasteiger partial charge in [-0.05, 0) is 56.8 Å². The van der Waals surface area contributed by atoms with Crippen LogP contribution in [0.25, 0.3) is 0 Å². The van der Waals surface area contributed by atoms with E-state index in [2.05, 4.69) is 18.3 Å². The molecular weight excluding hydrogens is 290 g/mol. The molecule has 1 aliphatic carbocycles. The predicted molar refractivity (Wildman–Crippen MR) is 81.1 cm³/mol. The predicted octanol–water partition coefficient (Wildman–Crippen LogP) is 4.26. The van der Waals surface area contributed by atoms with E-state index in [0.717, 1.165) is 44.4 Å². The van der Waals surface area contributed by atoms with E-state index in [1.165, 1.54) is 17.8 Å². The number of thioether (sulfide) groups is 1. The molecule has 1 fully saturated rings. The largest absolute Gasteiger partial charge is 0.299 e. The van der Waals surface area contributed by atoms with E-state index >= 15 is 0 Å². The Bertz CT molecular complexity index is 529. The topological polar surface area (TPSA) is 35.8 Å². The Balaban J connectivity index is 2.07. The summed E-state index contributed by atoms with van der Waals surface area (Å²) in [4.78, 5) is 0.337. The molecule has 1 saturated carbocycles. The van der Waals surface area contributed by atoms with E-state index in [1.54, 1.807) is 0 Å². The Morgan fingerprint density at radius 2 is 2.29 bits per heavy atom. The molecule has 2 unspecified atom stereocenters. The summed E-state index contributed by atoms with van der Waals surface area (Å²) in [5.74, 6) is -0.818. The summed E-state index contributed by atoms with van der Waals surface area (Å²) in [7, 11) is 0. The highest BCUT2D eigenvalue weighted by Gasteiger charge is 2.36. The smallest absolute Gasteiger partial charge is 0.136 e. The molecule has 2 nitrogen and oxygen atoms in total. The van der Waals surface area contributed by atoms with Crippen LogP contribution in [-0.2, 0) is 0 Å². The van der Waals surface area contributed by atoms with E-state index in [-0.39, 0.29) is 5.25 Å². The summed E-state index contributed by atoms with van der Waals surface area (Å²) in [5.41, 5.74) is -0.518. The number of nitrogens with one attached hydrogen (secondary N) is 1. The van der Waals surface area contributed by atoms with Crippen molar-refractivity contribution in [1.82, 2.24) is 5.32 Å². The molecule has 0 aromatic heterocycles. The van der Waals surface area contributed by atoms with E-state index in [9.17, 15) is 14.0 Å². The second-order valence-electron chi connectivity index (χ2n) is 5.53. The van der Waals surface area contributed by atoms with Crippen molar-refractivity contribution >= 4 is 11.8 Å². The van der Waals surface area contributed by atoms with Gasteiger partial charge in [0.2, 0.25) is 0 Å². The van der Waals surface area contributed by atoms with E-state index in [1.807, 2.05) is 0 Å². The lowest BCUT2D eigenvalue weighted by atomic mass is 9.82. The SMILES string of the molecule is CCCNC1(C#N)CCCC(Sc2cc(F)ccc2F)C1. The van der Waals surface area contributed by atoms with Gasteiger partial charge in [0.15, 0.2) is 0 Å². The number of benzene rings is 1. The van der Waals surface area contributed by atoms with Gasteiger partial charge < -0.3 is 0 Å². The molecule has 2 atom stereocenters. The Hall–Kier alpha value is -1.12. The van der Waals surface area contributed by atoms with Crippen molar-refractivity contribution in [1.29, 1.82) is 5.26 Å². The van der Waals surface area contributed by atoms with Gasteiger partial charge in [-0.15, -0.1) is 11.8 Å². The molecule has 114 valence electrons. The minimum atomic E-state index is -0.518. The summed E-state index contributed by atoms with van der Waals surface area (Å²) in [6, 6.07) is 5.93. The van der Waals surface area contributed by atoms with Crippen molar-refractivity contribution in [2.24, 2.45) is 0 Å². The zero-order valence-corrected chi connectivity index (χ0v) is 13.0. The highest BCUT2D eigenvalue weighted by atomic mass is 32.2. The molecule has 0 aliphatic heterocycles. The molecule has 0 bridgehead atoms. The highest BCUT2D eigenvalue weighted by molar-refractivity contribution is 8.00. The molecule has 0 radical (unpaired) electrons. The second kappa shape index (κ2) is 7.24.